The largest absolute Gasteiger partial charge is 0.507 e. The first kappa shape index (κ1) is 24.4. The minimum atomic E-state index is -2.56. The zero-order valence-electron chi connectivity index (χ0n) is 19.6. The molecule has 5 atom stereocenters. The summed E-state index contributed by atoms with van der Waals surface area (Å²) in [4.78, 5) is 38.2. The van der Waals surface area contributed by atoms with Crippen LogP contribution in [-0.4, -0.2) is 56.1 Å². The van der Waals surface area contributed by atoms with Crippen molar-refractivity contribution >= 4 is 23.2 Å². The van der Waals surface area contributed by atoms with Gasteiger partial charge in [0, 0.05) is 24.6 Å². The normalized spacial score (nSPS) is 31.1. The molecule has 9 heteroatoms. The highest BCUT2D eigenvalue weighted by molar-refractivity contribution is 6.24. The number of hydrogen-bond donors (Lipinski definition) is 6. The van der Waals surface area contributed by atoms with Gasteiger partial charge in [0.25, 0.3) is 0 Å². The highest BCUT2D eigenvalue weighted by atomic mass is 16.3. The summed E-state index contributed by atoms with van der Waals surface area (Å²) in [5, 5.41) is 46.6. The third kappa shape index (κ3) is 3.72. The zero-order valence-corrected chi connectivity index (χ0v) is 19.6. The van der Waals surface area contributed by atoms with Crippen molar-refractivity contribution in [1.82, 2.24) is 5.32 Å². The molecule has 7 N–H and O–H groups in total. The van der Waals surface area contributed by atoms with Gasteiger partial charge in [-0.1, -0.05) is 26.8 Å². The molecular weight excluding hydrogens is 440 g/mol. The second kappa shape index (κ2) is 8.18. The Morgan fingerprint density at radius 1 is 1.21 bits per heavy atom. The van der Waals surface area contributed by atoms with Crippen molar-refractivity contribution in [2.24, 2.45) is 28.9 Å². The maximum absolute atomic E-state index is 13.5. The fourth-order valence-electron chi connectivity index (χ4n) is 5.73. The van der Waals surface area contributed by atoms with Crippen LogP contribution < -0.4 is 11.1 Å². The minimum Gasteiger partial charge on any atom is -0.507 e. The SMILES string of the molecule is CC(C)(C)CNCc1ccc(O)c2c1C[C@H]1C[C@H]3CC(O)C(C(N)=O)C(=O)[C@@]3(O)C(=O)C1=C2O. The Kier molecular flexibility index (Phi) is 5.86. The average molecular weight is 473 g/mol. The lowest BCUT2D eigenvalue weighted by molar-refractivity contribution is -0.174. The molecule has 0 bridgehead atoms. The lowest BCUT2D eigenvalue weighted by Gasteiger charge is -2.48. The van der Waals surface area contributed by atoms with Crippen LogP contribution in [0.2, 0.25) is 0 Å². The molecule has 0 aromatic heterocycles. The second-order valence-corrected chi connectivity index (χ2v) is 11.0. The van der Waals surface area contributed by atoms with Gasteiger partial charge in [-0.2, -0.15) is 0 Å². The number of primary amides is 1. The van der Waals surface area contributed by atoms with Crippen LogP contribution in [0.3, 0.4) is 0 Å². The number of phenolic OH excluding ortho intramolecular Hbond substituents is 1. The summed E-state index contributed by atoms with van der Waals surface area (Å²) in [6.07, 6.45) is -1.06. The van der Waals surface area contributed by atoms with E-state index in [0.29, 0.717) is 18.5 Å². The van der Waals surface area contributed by atoms with Crippen LogP contribution in [0, 0.1) is 23.2 Å². The van der Waals surface area contributed by atoms with Crippen molar-refractivity contribution in [3.63, 3.8) is 0 Å². The number of phenols is 1. The van der Waals surface area contributed by atoms with E-state index in [0.717, 1.165) is 12.1 Å². The molecule has 0 aliphatic heterocycles. The van der Waals surface area contributed by atoms with Gasteiger partial charge >= 0.3 is 0 Å². The van der Waals surface area contributed by atoms with Crippen molar-refractivity contribution < 1.29 is 34.8 Å². The second-order valence-electron chi connectivity index (χ2n) is 11.0. The number of fused-ring (bicyclic) bond motifs is 3. The molecule has 1 amide bonds. The number of aliphatic hydroxyl groups is 3. The Morgan fingerprint density at radius 2 is 1.88 bits per heavy atom. The van der Waals surface area contributed by atoms with Crippen molar-refractivity contribution in [1.29, 1.82) is 0 Å². The number of rotatable bonds is 4. The van der Waals surface area contributed by atoms with Gasteiger partial charge in [0.15, 0.2) is 11.4 Å². The van der Waals surface area contributed by atoms with Crippen molar-refractivity contribution in [3.05, 3.63) is 34.4 Å². The van der Waals surface area contributed by atoms with E-state index in [1.807, 2.05) is 0 Å². The summed E-state index contributed by atoms with van der Waals surface area (Å²) in [6.45, 7) is 7.54. The molecule has 184 valence electrons. The predicted molar refractivity (Wildman–Crippen MR) is 122 cm³/mol. The Hall–Kier alpha value is -2.75. The van der Waals surface area contributed by atoms with Gasteiger partial charge in [-0.05, 0) is 47.8 Å². The first-order valence-electron chi connectivity index (χ1n) is 11.5. The monoisotopic (exact) mass is 472 g/mol. The summed E-state index contributed by atoms with van der Waals surface area (Å²) in [6, 6.07) is 3.22. The van der Waals surface area contributed by atoms with Crippen LogP contribution in [0.5, 0.6) is 5.75 Å². The van der Waals surface area contributed by atoms with E-state index in [1.165, 1.54) is 6.07 Å². The van der Waals surface area contributed by atoms with Crippen molar-refractivity contribution in [3.8, 4) is 5.75 Å². The molecule has 34 heavy (non-hydrogen) atoms. The molecule has 3 aliphatic rings. The quantitative estimate of drug-likeness (QED) is 0.348. The lowest BCUT2D eigenvalue weighted by atomic mass is 9.56. The number of hydrogen-bond acceptors (Lipinski definition) is 8. The Morgan fingerprint density at radius 3 is 2.50 bits per heavy atom. The summed E-state index contributed by atoms with van der Waals surface area (Å²) in [7, 11) is 0. The molecule has 0 radical (unpaired) electrons. The average Bonchev–Trinajstić information content (AvgIpc) is 2.71. The maximum atomic E-state index is 13.5. The molecule has 1 aromatic rings. The Bertz CT molecular complexity index is 1100. The number of benzene rings is 1. The van der Waals surface area contributed by atoms with Gasteiger partial charge in [-0.3, -0.25) is 14.4 Å². The molecule has 2 fully saturated rings. The smallest absolute Gasteiger partial charge is 0.230 e. The van der Waals surface area contributed by atoms with E-state index >= 15 is 0 Å². The first-order valence-corrected chi connectivity index (χ1v) is 11.5. The first-order chi connectivity index (χ1) is 15.8. The van der Waals surface area contributed by atoms with Gasteiger partial charge in [0.1, 0.15) is 17.4 Å². The summed E-state index contributed by atoms with van der Waals surface area (Å²) in [5.74, 6) is -7.04. The number of carbonyl (C=O) groups is 3. The van der Waals surface area contributed by atoms with Gasteiger partial charge in [0.05, 0.1) is 11.7 Å². The standard InChI is InChI=1S/C25H32N2O7/c1-24(2,3)10-27-9-11-4-5-15(28)18-14(11)7-12-6-13-8-16(29)19(23(26)33)22(32)25(13,34)21(31)17(12)20(18)30/h4-5,12-13,16,19,27-30,34H,6-10H2,1-3H3,(H2,26,33)/t12-,13+,16?,19?,25+/m1/s1. The molecule has 9 nitrogen and oxygen atoms in total. The molecule has 0 saturated heterocycles. The number of aliphatic hydroxyl groups excluding tert-OH is 2. The zero-order chi connectivity index (χ0) is 25.2. The minimum absolute atomic E-state index is 0.0591. The molecule has 2 saturated carbocycles. The highest BCUT2D eigenvalue weighted by Crippen LogP contribution is 2.51. The van der Waals surface area contributed by atoms with Gasteiger partial charge in [-0.15, -0.1) is 0 Å². The molecule has 2 unspecified atom stereocenters. The third-order valence-electron chi connectivity index (χ3n) is 7.34. The number of carbonyl (C=O) groups excluding carboxylic acids is 3. The Balaban J connectivity index is 1.76. The number of amides is 1. The molecule has 1 aromatic carbocycles. The van der Waals surface area contributed by atoms with Crippen LogP contribution in [-0.2, 0) is 27.3 Å². The van der Waals surface area contributed by atoms with E-state index in [4.69, 9.17) is 5.73 Å². The van der Waals surface area contributed by atoms with E-state index in [9.17, 15) is 34.8 Å². The maximum Gasteiger partial charge on any atom is 0.230 e. The van der Waals surface area contributed by atoms with Crippen molar-refractivity contribution in [2.75, 3.05) is 6.54 Å². The van der Waals surface area contributed by atoms with Gasteiger partial charge in [-0.25, -0.2) is 0 Å². The van der Waals surface area contributed by atoms with Crippen LogP contribution in [0.1, 0.15) is 50.3 Å². The van der Waals surface area contributed by atoms with E-state index < -0.39 is 52.7 Å². The van der Waals surface area contributed by atoms with Gasteiger partial charge in [0.2, 0.25) is 11.7 Å². The number of ketones is 2. The van der Waals surface area contributed by atoms with Crippen LogP contribution >= 0.6 is 0 Å². The Labute approximate surface area is 197 Å². The fraction of sp³-hybridized carbons (Fsp3) is 0.560. The van der Waals surface area contributed by atoms with Crippen LogP contribution in [0.25, 0.3) is 5.76 Å². The number of nitrogens with two attached hydrogens (primary N) is 1. The highest BCUT2D eigenvalue weighted by Gasteiger charge is 2.63. The van der Waals surface area contributed by atoms with Gasteiger partial charge < -0.3 is 31.5 Å². The number of Topliss-reactive ketones (excluding diaryl/α,β-unsaturated/α-hetero) is 2. The topological polar surface area (TPSA) is 170 Å². The number of aromatic hydroxyl groups is 1. The summed E-state index contributed by atoms with van der Waals surface area (Å²) in [5.41, 5.74) is 4.31. The lowest BCUT2D eigenvalue weighted by Crippen LogP contribution is -2.66. The third-order valence-corrected chi connectivity index (χ3v) is 7.34. The summed E-state index contributed by atoms with van der Waals surface area (Å²) < 4.78 is 0. The van der Waals surface area contributed by atoms with Crippen LogP contribution in [0.4, 0.5) is 0 Å². The fourth-order valence-corrected chi connectivity index (χ4v) is 5.73. The molecule has 3 aliphatic carbocycles. The van der Waals surface area contributed by atoms with E-state index in [1.54, 1.807) is 6.07 Å². The van der Waals surface area contributed by atoms with Crippen LogP contribution in [0.15, 0.2) is 17.7 Å². The van der Waals surface area contributed by atoms with E-state index in [2.05, 4.69) is 26.1 Å². The predicted octanol–water partition coefficient (Wildman–Crippen LogP) is 0.725. The number of nitrogens with one attached hydrogen (secondary N) is 1. The van der Waals surface area contributed by atoms with E-state index in [-0.39, 0.29) is 35.1 Å². The molecular formula is C25H32N2O7. The molecule has 0 spiro atoms. The van der Waals surface area contributed by atoms with Crippen molar-refractivity contribution in [2.45, 2.75) is 58.3 Å². The molecule has 4 rings (SSSR count). The summed E-state index contributed by atoms with van der Waals surface area (Å²) >= 11 is 0. The molecule has 0 heterocycles.